The van der Waals surface area contributed by atoms with Crippen LogP contribution in [0.1, 0.15) is 71.1 Å². The van der Waals surface area contributed by atoms with E-state index in [1.807, 2.05) is 0 Å². The van der Waals surface area contributed by atoms with Gasteiger partial charge in [-0.25, -0.2) is 0 Å². The summed E-state index contributed by atoms with van der Waals surface area (Å²) in [4.78, 5) is 0. The van der Waals surface area contributed by atoms with Crippen molar-refractivity contribution in [2.24, 2.45) is 5.92 Å². The summed E-state index contributed by atoms with van der Waals surface area (Å²) in [6, 6.07) is 6.99. The molecular formula is C29H43P. The molecule has 0 saturated heterocycles. The van der Waals surface area contributed by atoms with Crippen LogP contribution in [0.25, 0.3) is 6.08 Å². The molecule has 1 aromatic rings. The van der Waals surface area contributed by atoms with Gasteiger partial charge in [0.1, 0.15) is 0 Å². The molecule has 2 aliphatic rings. The second-order valence-electron chi connectivity index (χ2n) is 12.0. The minimum atomic E-state index is -1.87. The van der Waals surface area contributed by atoms with Gasteiger partial charge in [0.15, 0.2) is 0 Å². The van der Waals surface area contributed by atoms with Gasteiger partial charge in [-0.3, -0.25) is 0 Å². The third-order valence-corrected chi connectivity index (χ3v) is 10.0. The van der Waals surface area contributed by atoms with E-state index in [-0.39, 0.29) is 5.41 Å². The van der Waals surface area contributed by atoms with E-state index in [0.717, 1.165) is 6.42 Å². The van der Waals surface area contributed by atoms with Gasteiger partial charge in [0.05, 0.1) is 0 Å². The molecule has 0 amide bonds. The van der Waals surface area contributed by atoms with E-state index in [2.05, 4.69) is 104 Å². The van der Waals surface area contributed by atoms with E-state index in [0.29, 0.717) is 5.92 Å². The maximum atomic E-state index is 2.60. The summed E-state index contributed by atoms with van der Waals surface area (Å²) >= 11 is 0. The van der Waals surface area contributed by atoms with Crippen LogP contribution in [0, 0.1) is 5.92 Å². The van der Waals surface area contributed by atoms with Gasteiger partial charge >= 0.3 is 186 Å². The molecule has 0 spiro atoms. The molecule has 1 aromatic carbocycles. The van der Waals surface area contributed by atoms with Gasteiger partial charge in [0.2, 0.25) is 0 Å². The average molecular weight is 423 g/mol. The number of allylic oxidation sites excluding steroid dienone is 6. The van der Waals surface area contributed by atoms with Crippen LogP contribution in [-0.2, 0) is 11.8 Å². The zero-order valence-corrected chi connectivity index (χ0v) is 21.8. The summed E-state index contributed by atoms with van der Waals surface area (Å²) < 4.78 is 0. The van der Waals surface area contributed by atoms with Crippen molar-refractivity contribution in [2.45, 2.75) is 66.2 Å². The van der Waals surface area contributed by atoms with Crippen molar-refractivity contribution in [2.75, 3.05) is 26.2 Å². The Bertz CT molecular complexity index is 950. The van der Waals surface area contributed by atoms with Crippen molar-refractivity contribution in [1.29, 1.82) is 0 Å². The van der Waals surface area contributed by atoms with E-state index in [4.69, 9.17) is 0 Å². The van der Waals surface area contributed by atoms with Gasteiger partial charge < -0.3 is 0 Å². The van der Waals surface area contributed by atoms with Crippen LogP contribution in [0.3, 0.4) is 0 Å². The summed E-state index contributed by atoms with van der Waals surface area (Å²) in [6.45, 7) is 19.7. The maximum absolute atomic E-state index is 2.60. The Morgan fingerprint density at radius 2 is 1.87 bits per heavy atom. The molecule has 1 atom stereocenters. The molecule has 0 fully saturated rings. The van der Waals surface area contributed by atoms with E-state index in [1.54, 1.807) is 16.7 Å². The molecule has 0 aromatic heterocycles. The monoisotopic (exact) mass is 422 g/mol. The molecule has 2 aliphatic carbocycles. The Morgan fingerprint density at radius 1 is 1.17 bits per heavy atom. The van der Waals surface area contributed by atoms with Gasteiger partial charge in [-0.2, -0.15) is 0 Å². The second kappa shape index (κ2) is 7.94. The van der Waals surface area contributed by atoms with Crippen molar-refractivity contribution >= 4 is 12.7 Å². The molecule has 0 heterocycles. The SMILES string of the molecule is CC(C)=CC(C)CP(C)(C)(C)/C=C\c1cccc2c1CC1=C(C(C)=CCC1)C2(C)C. The van der Waals surface area contributed by atoms with Gasteiger partial charge in [-0.15, -0.1) is 0 Å². The fourth-order valence-electron chi connectivity index (χ4n) is 6.04. The van der Waals surface area contributed by atoms with Gasteiger partial charge in [-0.05, 0) is 0 Å². The van der Waals surface area contributed by atoms with Gasteiger partial charge in [-0.1, -0.05) is 0 Å². The number of fused-ring (bicyclic) bond motifs is 1. The third kappa shape index (κ3) is 4.91. The van der Waals surface area contributed by atoms with E-state index in [9.17, 15) is 0 Å². The molecule has 30 heavy (non-hydrogen) atoms. The molecule has 0 radical (unpaired) electrons. The van der Waals surface area contributed by atoms with E-state index in [1.165, 1.54) is 41.3 Å². The first-order chi connectivity index (χ1) is 13.8. The van der Waals surface area contributed by atoms with E-state index < -0.39 is 6.60 Å². The minimum absolute atomic E-state index is 0.0991. The zero-order valence-electron chi connectivity index (χ0n) is 20.9. The van der Waals surface area contributed by atoms with Gasteiger partial charge in [0.25, 0.3) is 0 Å². The molecular weight excluding hydrogens is 379 g/mol. The molecule has 1 heteroatoms. The Labute approximate surface area is 186 Å². The number of hydrogen-bond acceptors (Lipinski definition) is 0. The zero-order chi connectivity index (χ0) is 22.3. The van der Waals surface area contributed by atoms with Gasteiger partial charge in [0, 0.05) is 0 Å². The fraction of sp³-hybridized carbons (Fsp3) is 0.517. The Kier molecular flexibility index (Phi) is 6.16. The predicted molar refractivity (Wildman–Crippen MR) is 140 cm³/mol. The summed E-state index contributed by atoms with van der Waals surface area (Å²) in [7, 11) is 0. The number of rotatable bonds is 5. The van der Waals surface area contributed by atoms with Crippen molar-refractivity contribution < 1.29 is 0 Å². The van der Waals surface area contributed by atoms with Crippen LogP contribution < -0.4 is 0 Å². The second-order valence-corrected chi connectivity index (χ2v) is 19.2. The first kappa shape index (κ1) is 23.3. The van der Waals surface area contributed by atoms with Crippen LogP contribution >= 0.6 is 6.60 Å². The molecule has 0 aliphatic heterocycles. The molecule has 0 nitrogen and oxygen atoms in total. The third-order valence-electron chi connectivity index (χ3n) is 6.91. The van der Waals surface area contributed by atoms with Crippen molar-refractivity contribution in [1.82, 2.24) is 0 Å². The molecule has 1 unspecified atom stereocenters. The van der Waals surface area contributed by atoms with Crippen LogP contribution in [0.4, 0.5) is 0 Å². The molecule has 0 saturated carbocycles. The number of benzene rings is 1. The summed E-state index contributed by atoms with van der Waals surface area (Å²) in [6.07, 6.45) is 12.2. The first-order valence-electron chi connectivity index (χ1n) is 11.6. The Hall–Kier alpha value is -1.39. The summed E-state index contributed by atoms with van der Waals surface area (Å²) in [5.41, 5.74) is 10.8. The molecule has 164 valence electrons. The molecule has 0 N–H and O–H groups in total. The quantitative estimate of drug-likeness (QED) is 0.329. The molecule has 3 rings (SSSR count). The normalized spacial score (nSPS) is 20.7. The standard InChI is InChI=1S/C29H43P/c1-21(2)18-22(3)20-30(7,8,9)17-16-24-13-11-15-27-26(24)19-25-14-10-12-23(4)28(25)29(27,5)6/h11-13,15-18,22H,10,14,19-20H2,1-9H3/b17-16-. The Balaban J connectivity index is 1.98. The average Bonchev–Trinajstić information content (AvgIpc) is 2.58. The van der Waals surface area contributed by atoms with E-state index >= 15 is 0 Å². The Morgan fingerprint density at radius 3 is 2.53 bits per heavy atom. The molecule has 0 bridgehead atoms. The summed E-state index contributed by atoms with van der Waals surface area (Å²) in [5, 5.41) is 0. The van der Waals surface area contributed by atoms with Crippen molar-refractivity contribution in [3.8, 4) is 0 Å². The topological polar surface area (TPSA) is 0 Å². The fourth-order valence-corrected chi connectivity index (χ4v) is 9.04. The summed E-state index contributed by atoms with van der Waals surface area (Å²) in [5.74, 6) is 3.23. The predicted octanol–water partition coefficient (Wildman–Crippen LogP) is 8.57. The van der Waals surface area contributed by atoms with Crippen LogP contribution in [0.5, 0.6) is 0 Å². The number of hydrogen-bond donors (Lipinski definition) is 0. The van der Waals surface area contributed by atoms with Crippen LogP contribution in [0.15, 0.2) is 58.5 Å². The van der Waals surface area contributed by atoms with Crippen molar-refractivity contribution in [3.05, 3.63) is 75.2 Å². The van der Waals surface area contributed by atoms with Crippen LogP contribution in [0.2, 0.25) is 0 Å². The van der Waals surface area contributed by atoms with Crippen LogP contribution in [-0.4, -0.2) is 26.2 Å². The first-order valence-corrected chi connectivity index (χ1v) is 15.5. The van der Waals surface area contributed by atoms with Crippen molar-refractivity contribution in [3.63, 3.8) is 0 Å².